The summed E-state index contributed by atoms with van der Waals surface area (Å²) in [5.41, 5.74) is -0.0358. The van der Waals surface area contributed by atoms with Crippen LogP contribution < -0.4 is 10.6 Å². The number of thiophene rings is 1. The predicted octanol–water partition coefficient (Wildman–Crippen LogP) is 2.93. The fourth-order valence-electron chi connectivity index (χ4n) is 1.46. The van der Waals surface area contributed by atoms with Crippen LogP contribution in [0.2, 0.25) is 0 Å². The fraction of sp³-hybridized carbons (Fsp3) is 0.0833. The molecule has 2 aromatic rings. The van der Waals surface area contributed by atoms with E-state index in [0.29, 0.717) is 6.54 Å². The van der Waals surface area contributed by atoms with E-state index in [2.05, 4.69) is 31.5 Å². The molecule has 2 amide bonds. The highest BCUT2D eigenvalue weighted by molar-refractivity contribution is 9.11. The molecule has 2 rings (SSSR count). The third-order valence-corrected chi connectivity index (χ3v) is 3.93. The zero-order chi connectivity index (χ0) is 14.5. The number of carboxylic acid groups (broad SMARTS) is 1. The number of nitrogens with zero attached hydrogens (tertiary/aromatic N) is 1. The predicted molar refractivity (Wildman–Crippen MR) is 79.1 cm³/mol. The van der Waals surface area contributed by atoms with E-state index in [0.717, 1.165) is 8.66 Å². The largest absolute Gasteiger partial charge is 0.476 e. The second-order valence-corrected chi connectivity index (χ2v) is 6.27. The van der Waals surface area contributed by atoms with Crippen molar-refractivity contribution in [1.82, 2.24) is 10.3 Å². The molecule has 0 aliphatic carbocycles. The van der Waals surface area contributed by atoms with Gasteiger partial charge in [-0.2, -0.15) is 0 Å². The van der Waals surface area contributed by atoms with E-state index in [1.54, 1.807) is 6.07 Å². The number of rotatable bonds is 4. The second-order valence-electron chi connectivity index (χ2n) is 3.72. The number of aromatic carboxylic acids is 1. The molecule has 0 radical (unpaired) electrons. The number of nitrogens with one attached hydrogen (secondary N) is 2. The average Bonchev–Trinajstić information content (AvgIpc) is 2.83. The molecule has 0 saturated carbocycles. The number of carbonyl (C=O) groups is 2. The van der Waals surface area contributed by atoms with Crippen LogP contribution in [0.3, 0.4) is 0 Å². The summed E-state index contributed by atoms with van der Waals surface area (Å²) in [5.74, 6) is -1.19. The Bertz CT molecular complexity index is 644. The van der Waals surface area contributed by atoms with Crippen LogP contribution in [0.1, 0.15) is 15.4 Å². The molecule has 3 N–H and O–H groups in total. The average molecular weight is 356 g/mol. The Morgan fingerprint density at radius 1 is 1.35 bits per heavy atom. The Morgan fingerprint density at radius 2 is 2.15 bits per heavy atom. The summed E-state index contributed by atoms with van der Waals surface area (Å²) in [5, 5.41) is 14.1. The van der Waals surface area contributed by atoms with Gasteiger partial charge in [0.1, 0.15) is 0 Å². The number of halogens is 1. The van der Waals surface area contributed by atoms with Gasteiger partial charge in [-0.25, -0.2) is 14.6 Å². The highest BCUT2D eigenvalue weighted by Gasteiger charge is 2.13. The maximum absolute atomic E-state index is 11.7. The minimum atomic E-state index is -1.19. The van der Waals surface area contributed by atoms with E-state index < -0.39 is 12.0 Å². The van der Waals surface area contributed by atoms with E-state index in [9.17, 15) is 9.59 Å². The van der Waals surface area contributed by atoms with Gasteiger partial charge in [0.2, 0.25) is 0 Å². The highest BCUT2D eigenvalue weighted by atomic mass is 79.9. The molecule has 104 valence electrons. The summed E-state index contributed by atoms with van der Waals surface area (Å²) in [7, 11) is 0. The van der Waals surface area contributed by atoms with Crippen molar-refractivity contribution >= 4 is 45.0 Å². The third-order valence-electron chi connectivity index (χ3n) is 2.31. The van der Waals surface area contributed by atoms with E-state index in [1.807, 2.05) is 12.1 Å². The topological polar surface area (TPSA) is 91.3 Å². The molecule has 0 fully saturated rings. The number of carboxylic acids is 1. The van der Waals surface area contributed by atoms with E-state index >= 15 is 0 Å². The molecule has 2 aromatic heterocycles. The molecule has 0 aliphatic rings. The first-order chi connectivity index (χ1) is 9.56. The summed E-state index contributed by atoms with van der Waals surface area (Å²) in [6, 6.07) is 6.34. The first kappa shape index (κ1) is 14.5. The summed E-state index contributed by atoms with van der Waals surface area (Å²) >= 11 is 4.85. The lowest BCUT2D eigenvalue weighted by Gasteiger charge is -2.08. The number of urea groups is 1. The second kappa shape index (κ2) is 6.49. The summed E-state index contributed by atoms with van der Waals surface area (Å²) in [4.78, 5) is 27.4. The van der Waals surface area contributed by atoms with E-state index in [-0.39, 0.29) is 11.4 Å². The van der Waals surface area contributed by atoms with Crippen LogP contribution in [-0.2, 0) is 6.54 Å². The Morgan fingerprint density at radius 3 is 2.80 bits per heavy atom. The Labute approximate surface area is 127 Å². The van der Waals surface area contributed by atoms with Crippen molar-refractivity contribution in [2.24, 2.45) is 0 Å². The van der Waals surface area contributed by atoms with Crippen LogP contribution in [0, 0.1) is 0 Å². The maximum Gasteiger partial charge on any atom is 0.356 e. The van der Waals surface area contributed by atoms with Gasteiger partial charge in [-0.3, -0.25) is 0 Å². The van der Waals surface area contributed by atoms with Gasteiger partial charge in [-0.1, -0.05) is 0 Å². The van der Waals surface area contributed by atoms with Crippen LogP contribution in [0.5, 0.6) is 0 Å². The molecule has 0 spiro atoms. The summed E-state index contributed by atoms with van der Waals surface area (Å²) in [6.45, 7) is 0.366. The van der Waals surface area contributed by atoms with E-state index in [4.69, 9.17) is 5.11 Å². The van der Waals surface area contributed by atoms with Gasteiger partial charge in [0, 0.05) is 11.1 Å². The molecule has 0 unspecified atom stereocenters. The van der Waals surface area contributed by atoms with Crippen molar-refractivity contribution < 1.29 is 14.7 Å². The molecule has 0 bridgehead atoms. The SMILES string of the molecule is O=C(NCc1ccc(Br)s1)Nc1cccnc1C(=O)O. The number of anilines is 1. The first-order valence-corrected chi connectivity index (χ1v) is 7.14. The van der Waals surface area contributed by atoms with Gasteiger partial charge < -0.3 is 15.7 Å². The van der Waals surface area contributed by atoms with Crippen molar-refractivity contribution in [2.75, 3.05) is 5.32 Å². The van der Waals surface area contributed by atoms with Crippen LogP contribution >= 0.6 is 27.3 Å². The molecule has 6 nitrogen and oxygen atoms in total. The van der Waals surface area contributed by atoms with Crippen molar-refractivity contribution in [3.05, 3.63) is 44.8 Å². The van der Waals surface area contributed by atoms with E-state index in [1.165, 1.54) is 23.6 Å². The monoisotopic (exact) mass is 355 g/mol. The number of pyridine rings is 1. The lowest BCUT2D eigenvalue weighted by Crippen LogP contribution is -2.28. The lowest BCUT2D eigenvalue weighted by atomic mass is 10.3. The number of hydrogen-bond donors (Lipinski definition) is 3. The number of hydrogen-bond acceptors (Lipinski definition) is 4. The van der Waals surface area contributed by atoms with Gasteiger partial charge in [0.05, 0.1) is 16.0 Å². The van der Waals surface area contributed by atoms with Crippen molar-refractivity contribution in [3.8, 4) is 0 Å². The molecule has 0 atom stereocenters. The van der Waals surface area contributed by atoms with Crippen LogP contribution in [0.4, 0.5) is 10.5 Å². The molecule has 8 heteroatoms. The zero-order valence-corrected chi connectivity index (χ0v) is 12.5. The fourth-order valence-corrected chi connectivity index (χ4v) is 2.88. The first-order valence-electron chi connectivity index (χ1n) is 5.53. The quantitative estimate of drug-likeness (QED) is 0.786. The molecular weight excluding hydrogens is 346 g/mol. The van der Waals surface area contributed by atoms with Gasteiger partial charge in [-0.05, 0) is 40.2 Å². The zero-order valence-electron chi connectivity index (χ0n) is 10.1. The van der Waals surface area contributed by atoms with Crippen molar-refractivity contribution in [2.45, 2.75) is 6.54 Å². The third kappa shape index (κ3) is 3.78. The van der Waals surface area contributed by atoms with Crippen LogP contribution in [0.25, 0.3) is 0 Å². The number of carbonyl (C=O) groups excluding carboxylic acids is 1. The molecule has 0 aliphatic heterocycles. The normalized spacial score (nSPS) is 10.1. The Kier molecular flexibility index (Phi) is 4.70. The van der Waals surface area contributed by atoms with Crippen LogP contribution in [-0.4, -0.2) is 22.1 Å². The minimum absolute atomic E-state index is 0.157. The van der Waals surface area contributed by atoms with Crippen molar-refractivity contribution in [3.63, 3.8) is 0 Å². The molecule has 20 heavy (non-hydrogen) atoms. The molecule has 0 saturated heterocycles. The number of amides is 2. The maximum atomic E-state index is 11.7. The molecule has 2 heterocycles. The Balaban J connectivity index is 1.96. The number of aromatic nitrogens is 1. The van der Waals surface area contributed by atoms with Crippen LogP contribution in [0.15, 0.2) is 34.2 Å². The Hall–Kier alpha value is -1.93. The minimum Gasteiger partial charge on any atom is -0.476 e. The lowest BCUT2D eigenvalue weighted by molar-refractivity contribution is 0.0692. The molecular formula is C12H10BrN3O3S. The van der Waals surface area contributed by atoms with Gasteiger partial charge in [-0.15, -0.1) is 11.3 Å². The van der Waals surface area contributed by atoms with Gasteiger partial charge in [0.25, 0.3) is 0 Å². The van der Waals surface area contributed by atoms with Gasteiger partial charge in [0.15, 0.2) is 5.69 Å². The smallest absolute Gasteiger partial charge is 0.356 e. The highest BCUT2D eigenvalue weighted by Crippen LogP contribution is 2.21. The standard InChI is InChI=1S/C12H10BrN3O3S/c13-9-4-3-7(20-9)6-15-12(19)16-8-2-1-5-14-10(8)11(17)18/h1-5H,6H2,(H,17,18)(H2,15,16,19). The summed E-state index contributed by atoms with van der Waals surface area (Å²) < 4.78 is 0.982. The van der Waals surface area contributed by atoms with Crippen molar-refractivity contribution in [1.29, 1.82) is 0 Å². The molecule has 0 aromatic carbocycles. The summed E-state index contributed by atoms with van der Waals surface area (Å²) in [6.07, 6.45) is 1.36. The van der Waals surface area contributed by atoms with Gasteiger partial charge >= 0.3 is 12.0 Å².